The molecule has 0 N–H and O–H groups in total. The number of hydrogen-bond acceptors (Lipinski definition) is 2. The third kappa shape index (κ3) is 2.40. The Morgan fingerprint density at radius 1 is 1.17 bits per heavy atom. The van der Waals surface area contributed by atoms with Crippen LogP contribution in [0.3, 0.4) is 0 Å². The van der Waals surface area contributed by atoms with E-state index >= 15 is 0 Å². The van der Waals surface area contributed by atoms with E-state index in [1.807, 2.05) is 28.9 Å². The highest BCUT2D eigenvalue weighted by Crippen LogP contribution is 2.21. The van der Waals surface area contributed by atoms with Crippen molar-refractivity contribution in [3.63, 3.8) is 0 Å². The first-order chi connectivity index (χ1) is 8.83. The van der Waals surface area contributed by atoms with Crippen LogP contribution in [0.25, 0.3) is 11.4 Å². The van der Waals surface area contributed by atoms with Gasteiger partial charge in [-0.15, -0.1) is 5.10 Å². The lowest BCUT2D eigenvalue weighted by Crippen LogP contribution is -2.26. The lowest BCUT2D eigenvalue weighted by atomic mass is 10.1. The number of nitrogens with zero attached hydrogens (tertiary/aromatic N) is 4. The molecule has 0 aliphatic carbocycles. The first-order valence-corrected chi connectivity index (χ1v) is 6.54. The smallest absolute Gasteiger partial charge is 0.181 e. The van der Waals surface area contributed by atoms with Gasteiger partial charge in [0.05, 0.1) is 0 Å². The number of hydrogen-bond donors (Lipinski definition) is 0. The molecule has 1 saturated heterocycles. The van der Waals surface area contributed by atoms with Crippen molar-refractivity contribution in [2.24, 2.45) is 0 Å². The van der Waals surface area contributed by atoms with Crippen LogP contribution in [-0.4, -0.2) is 21.3 Å². The Kier molecular flexibility index (Phi) is 3.30. The molecule has 1 radical (unpaired) electrons. The summed E-state index contributed by atoms with van der Waals surface area (Å²) in [5.74, 6) is 0.729. The number of halogens is 1. The summed E-state index contributed by atoms with van der Waals surface area (Å²) in [6.07, 6.45) is 5.39. The van der Waals surface area contributed by atoms with E-state index in [9.17, 15) is 0 Å². The molecule has 2 aromatic rings. The standard InChI is InChI=1S/C13H14ClN4/c14-11-6-4-10(5-7-11)13-16-9-18(17-13)12-3-1-2-8-15-12/h4-7,9,12H,1-3,8H2. The highest BCUT2D eigenvalue weighted by Gasteiger charge is 2.17. The summed E-state index contributed by atoms with van der Waals surface area (Å²) in [5, 5.41) is 9.79. The van der Waals surface area contributed by atoms with Gasteiger partial charge in [0.15, 0.2) is 5.82 Å². The summed E-state index contributed by atoms with van der Waals surface area (Å²) in [4.78, 5) is 4.34. The fraction of sp³-hybridized carbons (Fsp3) is 0.385. The van der Waals surface area contributed by atoms with Crippen LogP contribution in [0.1, 0.15) is 25.4 Å². The maximum absolute atomic E-state index is 5.87. The molecule has 1 aliphatic heterocycles. The maximum atomic E-state index is 5.87. The Balaban J connectivity index is 1.82. The van der Waals surface area contributed by atoms with Crippen LogP contribution < -0.4 is 5.32 Å². The fourth-order valence-corrected chi connectivity index (χ4v) is 2.26. The van der Waals surface area contributed by atoms with E-state index in [4.69, 9.17) is 11.6 Å². The highest BCUT2D eigenvalue weighted by atomic mass is 35.5. The van der Waals surface area contributed by atoms with E-state index in [1.165, 1.54) is 12.8 Å². The van der Waals surface area contributed by atoms with E-state index in [0.717, 1.165) is 29.4 Å². The predicted molar refractivity (Wildman–Crippen MR) is 70.4 cm³/mol. The van der Waals surface area contributed by atoms with E-state index in [2.05, 4.69) is 15.4 Å². The van der Waals surface area contributed by atoms with Crippen LogP contribution in [0.15, 0.2) is 30.6 Å². The molecule has 0 spiro atoms. The molecule has 0 saturated carbocycles. The van der Waals surface area contributed by atoms with Crippen LogP contribution in [0.5, 0.6) is 0 Å². The molecule has 1 aromatic carbocycles. The monoisotopic (exact) mass is 261 g/mol. The summed E-state index contributed by atoms with van der Waals surface area (Å²) in [6.45, 7) is 0.931. The maximum Gasteiger partial charge on any atom is 0.181 e. The van der Waals surface area contributed by atoms with Crippen molar-refractivity contribution in [1.29, 1.82) is 0 Å². The summed E-state index contributed by atoms with van der Waals surface area (Å²) in [5.41, 5.74) is 0.981. The van der Waals surface area contributed by atoms with Crippen LogP contribution in [0, 0.1) is 0 Å². The molecule has 2 heterocycles. The van der Waals surface area contributed by atoms with Crippen molar-refractivity contribution in [1.82, 2.24) is 20.1 Å². The molecule has 3 rings (SSSR count). The molecule has 1 aliphatic rings. The topological polar surface area (TPSA) is 44.8 Å². The van der Waals surface area contributed by atoms with Gasteiger partial charge in [0.2, 0.25) is 0 Å². The van der Waals surface area contributed by atoms with Crippen molar-refractivity contribution in [3.05, 3.63) is 35.6 Å². The summed E-state index contributed by atoms with van der Waals surface area (Å²) < 4.78 is 1.86. The first kappa shape index (κ1) is 11.7. The zero-order valence-electron chi connectivity index (χ0n) is 9.96. The van der Waals surface area contributed by atoms with E-state index in [0.29, 0.717) is 0 Å². The lowest BCUT2D eigenvalue weighted by molar-refractivity contribution is 0.291. The number of benzene rings is 1. The lowest BCUT2D eigenvalue weighted by Gasteiger charge is -2.21. The molecule has 4 nitrogen and oxygen atoms in total. The van der Waals surface area contributed by atoms with Gasteiger partial charge >= 0.3 is 0 Å². The average molecular weight is 262 g/mol. The minimum absolute atomic E-state index is 0.160. The van der Waals surface area contributed by atoms with E-state index < -0.39 is 0 Å². The molecule has 93 valence electrons. The van der Waals surface area contributed by atoms with Crippen LogP contribution >= 0.6 is 11.6 Å². The van der Waals surface area contributed by atoms with Crippen molar-refractivity contribution < 1.29 is 0 Å². The van der Waals surface area contributed by atoms with Gasteiger partial charge in [-0.05, 0) is 43.5 Å². The second-order valence-electron chi connectivity index (χ2n) is 4.44. The molecule has 0 bridgehead atoms. The van der Waals surface area contributed by atoms with Crippen LogP contribution in [0.2, 0.25) is 5.02 Å². The largest absolute Gasteiger partial charge is 0.234 e. The molecule has 1 fully saturated rings. The van der Waals surface area contributed by atoms with Crippen LogP contribution in [-0.2, 0) is 0 Å². The van der Waals surface area contributed by atoms with Gasteiger partial charge in [0, 0.05) is 17.1 Å². The number of aromatic nitrogens is 3. The van der Waals surface area contributed by atoms with E-state index in [1.54, 1.807) is 6.33 Å². The predicted octanol–water partition coefficient (Wildman–Crippen LogP) is 2.89. The van der Waals surface area contributed by atoms with Crippen LogP contribution in [0.4, 0.5) is 0 Å². The second-order valence-corrected chi connectivity index (χ2v) is 4.87. The Morgan fingerprint density at radius 3 is 2.72 bits per heavy atom. The molecule has 1 aromatic heterocycles. The quantitative estimate of drug-likeness (QED) is 0.834. The van der Waals surface area contributed by atoms with Gasteiger partial charge in [-0.25, -0.2) is 15.0 Å². The summed E-state index contributed by atoms with van der Waals surface area (Å²) in [7, 11) is 0. The Morgan fingerprint density at radius 2 is 2.00 bits per heavy atom. The minimum Gasteiger partial charge on any atom is -0.234 e. The molecule has 1 atom stereocenters. The average Bonchev–Trinajstić information content (AvgIpc) is 2.90. The first-order valence-electron chi connectivity index (χ1n) is 6.16. The number of piperidine rings is 1. The third-order valence-electron chi connectivity index (χ3n) is 3.13. The molecule has 1 unspecified atom stereocenters. The Hall–Kier alpha value is -1.39. The number of rotatable bonds is 2. The summed E-state index contributed by atoms with van der Waals surface area (Å²) in [6, 6.07) is 7.56. The van der Waals surface area contributed by atoms with Gasteiger partial charge in [0.1, 0.15) is 12.5 Å². The Bertz CT molecular complexity index is 514. The zero-order valence-corrected chi connectivity index (χ0v) is 10.7. The molecular formula is C13H14ClN4. The third-order valence-corrected chi connectivity index (χ3v) is 3.38. The minimum atomic E-state index is 0.160. The van der Waals surface area contributed by atoms with Crippen molar-refractivity contribution >= 4 is 11.6 Å². The Labute approximate surface area is 111 Å². The van der Waals surface area contributed by atoms with Crippen molar-refractivity contribution in [2.45, 2.75) is 25.4 Å². The zero-order chi connectivity index (χ0) is 12.4. The molecule has 0 amide bonds. The van der Waals surface area contributed by atoms with Gasteiger partial charge in [-0.2, -0.15) is 0 Å². The molecule has 18 heavy (non-hydrogen) atoms. The van der Waals surface area contributed by atoms with Gasteiger partial charge < -0.3 is 0 Å². The van der Waals surface area contributed by atoms with Crippen molar-refractivity contribution in [2.75, 3.05) is 6.54 Å². The SMILES string of the molecule is Clc1ccc(-c2ncn(C3CCCC[N]3)n2)cc1. The highest BCUT2D eigenvalue weighted by molar-refractivity contribution is 6.30. The van der Waals surface area contributed by atoms with Gasteiger partial charge in [-0.3, -0.25) is 0 Å². The van der Waals surface area contributed by atoms with Crippen molar-refractivity contribution in [3.8, 4) is 11.4 Å². The summed E-state index contributed by atoms with van der Waals surface area (Å²) >= 11 is 5.87. The molecular weight excluding hydrogens is 248 g/mol. The van der Waals surface area contributed by atoms with Gasteiger partial charge in [-0.1, -0.05) is 11.6 Å². The van der Waals surface area contributed by atoms with Gasteiger partial charge in [0.25, 0.3) is 0 Å². The van der Waals surface area contributed by atoms with E-state index in [-0.39, 0.29) is 6.17 Å². The second kappa shape index (κ2) is 5.08. The molecule has 5 heteroatoms. The normalized spacial score (nSPS) is 19.9. The fourth-order valence-electron chi connectivity index (χ4n) is 2.14.